The SMILES string of the molecule is COCCCOc1cnccn1. The maximum Gasteiger partial charge on any atom is 0.232 e. The van der Waals surface area contributed by atoms with Crippen molar-refractivity contribution in [3.63, 3.8) is 0 Å². The van der Waals surface area contributed by atoms with Crippen LogP contribution >= 0.6 is 0 Å². The minimum Gasteiger partial charge on any atom is -0.476 e. The number of nitrogens with zero attached hydrogens (tertiary/aromatic N) is 2. The monoisotopic (exact) mass is 168 g/mol. The number of hydrogen-bond donors (Lipinski definition) is 0. The van der Waals surface area contributed by atoms with Gasteiger partial charge in [0, 0.05) is 32.5 Å². The molecule has 0 fully saturated rings. The van der Waals surface area contributed by atoms with E-state index in [1.165, 1.54) is 0 Å². The van der Waals surface area contributed by atoms with E-state index in [0.29, 0.717) is 19.1 Å². The molecule has 0 aromatic carbocycles. The zero-order valence-corrected chi connectivity index (χ0v) is 7.06. The van der Waals surface area contributed by atoms with Gasteiger partial charge in [0.15, 0.2) is 0 Å². The molecule has 0 aliphatic carbocycles. The van der Waals surface area contributed by atoms with Crippen molar-refractivity contribution < 1.29 is 9.47 Å². The van der Waals surface area contributed by atoms with Crippen molar-refractivity contribution in [1.29, 1.82) is 0 Å². The third kappa shape index (κ3) is 3.30. The van der Waals surface area contributed by atoms with Crippen molar-refractivity contribution in [2.45, 2.75) is 6.42 Å². The Balaban J connectivity index is 2.16. The average Bonchev–Trinajstić information content (AvgIpc) is 2.14. The number of methoxy groups -OCH3 is 1. The van der Waals surface area contributed by atoms with Crippen molar-refractivity contribution in [3.05, 3.63) is 18.6 Å². The minimum absolute atomic E-state index is 0.564. The highest BCUT2D eigenvalue weighted by Gasteiger charge is 1.92. The molecule has 0 saturated carbocycles. The van der Waals surface area contributed by atoms with E-state index < -0.39 is 0 Å². The highest BCUT2D eigenvalue weighted by Crippen LogP contribution is 2.00. The van der Waals surface area contributed by atoms with E-state index in [1.54, 1.807) is 25.7 Å². The molecule has 4 nitrogen and oxygen atoms in total. The summed E-state index contributed by atoms with van der Waals surface area (Å²) < 4.78 is 10.1. The van der Waals surface area contributed by atoms with Gasteiger partial charge in [-0.3, -0.25) is 4.98 Å². The molecule has 4 heteroatoms. The molecular weight excluding hydrogens is 156 g/mol. The lowest BCUT2D eigenvalue weighted by atomic mass is 10.5. The van der Waals surface area contributed by atoms with E-state index in [1.807, 2.05) is 0 Å². The molecule has 0 aliphatic rings. The van der Waals surface area contributed by atoms with E-state index >= 15 is 0 Å². The summed E-state index contributed by atoms with van der Waals surface area (Å²) in [4.78, 5) is 7.82. The fraction of sp³-hybridized carbons (Fsp3) is 0.500. The summed E-state index contributed by atoms with van der Waals surface area (Å²) in [5, 5.41) is 0. The minimum atomic E-state index is 0.564. The molecular formula is C8H12N2O2. The van der Waals surface area contributed by atoms with Crippen molar-refractivity contribution in [2.75, 3.05) is 20.3 Å². The zero-order chi connectivity index (χ0) is 8.65. The van der Waals surface area contributed by atoms with Gasteiger partial charge < -0.3 is 9.47 Å². The maximum atomic E-state index is 5.25. The van der Waals surface area contributed by atoms with E-state index in [0.717, 1.165) is 6.42 Å². The summed E-state index contributed by atoms with van der Waals surface area (Å²) >= 11 is 0. The lowest BCUT2D eigenvalue weighted by molar-refractivity contribution is 0.170. The molecule has 0 bridgehead atoms. The molecule has 0 saturated heterocycles. The second kappa shape index (κ2) is 5.49. The number of aromatic nitrogens is 2. The first-order valence-electron chi connectivity index (χ1n) is 3.81. The largest absolute Gasteiger partial charge is 0.476 e. The number of rotatable bonds is 5. The van der Waals surface area contributed by atoms with Gasteiger partial charge in [-0.1, -0.05) is 0 Å². The molecule has 0 radical (unpaired) electrons. The van der Waals surface area contributed by atoms with E-state index in [2.05, 4.69) is 9.97 Å². The Morgan fingerprint density at radius 2 is 2.25 bits per heavy atom. The third-order valence-electron chi connectivity index (χ3n) is 1.28. The van der Waals surface area contributed by atoms with Crippen LogP contribution in [0.3, 0.4) is 0 Å². The van der Waals surface area contributed by atoms with Gasteiger partial charge in [-0.15, -0.1) is 0 Å². The Bertz CT molecular complexity index is 203. The van der Waals surface area contributed by atoms with Crippen LogP contribution in [0.15, 0.2) is 18.6 Å². The second-order valence-corrected chi connectivity index (χ2v) is 2.24. The van der Waals surface area contributed by atoms with E-state index in [-0.39, 0.29) is 0 Å². The van der Waals surface area contributed by atoms with Crippen LogP contribution in [0.1, 0.15) is 6.42 Å². The zero-order valence-electron chi connectivity index (χ0n) is 7.06. The Morgan fingerprint density at radius 3 is 2.92 bits per heavy atom. The van der Waals surface area contributed by atoms with Gasteiger partial charge in [-0.05, 0) is 0 Å². The Kier molecular flexibility index (Phi) is 4.08. The molecule has 0 amide bonds. The first-order valence-corrected chi connectivity index (χ1v) is 3.81. The van der Waals surface area contributed by atoms with Crippen LogP contribution < -0.4 is 4.74 Å². The molecule has 66 valence electrons. The summed E-state index contributed by atoms with van der Waals surface area (Å²) in [6, 6.07) is 0. The average molecular weight is 168 g/mol. The molecule has 0 spiro atoms. The molecule has 12 heavy (non-hydrogen) atoms. The van der Waals surface area contributed by atoms with Crippen LogP contribution in [0.4, 0.5) is 0 Å². The van der Waals surface area contributed by atoms with Crippen molar-refractivity contribution in [1.82, 2.24) is 9.97 Å². The predicted molar refractivity (Wildman–Crippen MR) is 44.0 cm³/mol. The summed E-state index contributed by atoms with van der Waals surface area (Å²) in [7, 11) is 1.67. The third-order valence-corrected chi connectivity index (χ3v) is 1.28. The van der Waals surface area contributed by atoms with Gasteiger partial charge in [0.1, 0.15) is 0 Å². The molecule has 1 heterocycles. The summed E-state index contributed by atoms with van der Waals surface area (Å²) in [6.07, 6.45) is 5.67. The fourth-order valence-corrected chi connectivity index (χ4v) is 0.740. The molecule has 1 aromatic heterocycles. The Labute approximate surface area is 71.6 Å². The fourth-order valence-electron chi connectivity index (χ4n) is 0.740. The standard InChI is InChI=1S/C8H12N2O2/c1-11-5-2-6-12-8-7-9-3-4-10-8/h3-4,7H,2,5-6H2,1H3. The number of hydrogen-bond acceptors (Lipinski definition) is 4. The van der Waals surface area contributed by atoms with Gasteiger partial charge in [-0.25, -0.2) is 4.98 Å². The molecule has 0 aliphatic heterocycles. The topological polar surface area (TPSA) is 44.2 Å². The first-order chi connectivity index (χ1) is 5.93. The Hall–Kier alpha value is -1.16. The Morgan fingerprint density at radius 1 is 1.33 bits per heavy atom. The van der Waals surface area contributed by atoms with Crippen molar-refractivity contribution in [2.24, 2.45) is 0 Å². The highest BCUT2D eigenvalue weighted by atomic mass is 16.5. The van der Waals surface area contributed by atoms with Crippen LogP contribution in [-0.2, 0) is 4.74 Å². The van der Waals surface area contributed by atoms with Crippen LogP contribution in [0.5, 0.6) is 5.88 Å². The molecule has 0 atom stereocenters. The van der Waals surface area contributed by atoms with Crippen molar-refractivity contribution >= 4 is 0 Å². The van der Waals surface area contributed by atoms with Gasteiger partial charge >= 0.3 is 0 Å². The predicted octanol–water partition coefficient (Wildman–Crippen LogP) is 0.892. The maximum absolute atomic E-state index is 5.25. The second-order valence-electron chi connectivity index (χ2n) is 2.24. The van der Waals surface area contributed by atoms with Crippen LogP contribution in [-0.4, -0.2) is 30.3 Å². The van der Waals surface area contributed by atoms with Gasteiger partial charge in [0.2, 0.25) is 5.88 Å². The summed E-state index contributed by atoms with van der Waals surface area (Å²) in [6.45, 7) is 1.33. The lowest BCUT2D eigenvalue weighted by Gasteiger charge is -2.02. The van der Waals surface area contributed by atoms with E-state index in [9.17, 15) is 0 Å². The van der Waals surface area contributed by atoms with Crippen molar-refractivity contribution in [3.8, 4) is 5.88 Å². The summed E-state index contributed by atoms with van der Waals surface area (Å²) in [5.41, 5.74) is 0. The quantitative estimate of drug-likeness (QED) is 0.612. The van der Waals surface area contributed by atoms with Gasteiger partial charge in [-0.2, -0.15) is 0 Å². The summed E-state index contributed by atoms with van der Waals surface area (Å²) in [5.74, 6) is 0.564. The van der Waals surface area contributed by atoms with E-state index in [4.69, 9.17) is 9.47 Å². The molecule has 0 N–H and O–H groups in total. The normalized spacial score (nSPS) is 9.75. The van der Waals surface area contributed by atoms with Gasteiger partial charge in [0.25, 0.3) is 0 Å². The van der Waals surface area contributed by atoms with Crippen LogP contribution in [0.2, 0.25) is 0 Å². The first kappa shape index (κ1) is 8.93. The molecule has 0 unspecified atom stereocenters. The van der Waals surface area contributed by atoms with Crippen LogP contribution in [0, 0.1) is 0 Å². The van der Waals surface area contributed by atoms with Gasteiger partial charge in [0.05, 0.1) is 12.8 Å². The number of ether oxygens (including phenoxy) is 2. The van der Waals surface area contributed by atoms with Crippen LogP contribution in [0.25, 0.3) is 0 Å². The lowest BCUT2D eigenvalue weighted by Crippen LogP contribution is -2.02. The molecule has 1 aromatic rings. The molecule has 1 rings (SSSR count). The smallest absolute Gasteiger partial charge is 0.232 e. The highest BCUT2D eigenvalue weighted by molar-refractivity contribution is 5.00.